The first kappa shape index (κ1) is 19.6. The molecular weight excluding hydrogens is 424 g/mol. The largest absolute Gasteiger partial charge is 0.474 e. The zero-order valence-corrected chi connectivity index (χ0v) is 17.7. The predicted octanol–water partition coefficient (Wildman–Crippen LogP) is 2.28. The van der Waals surface area contributed by atoms with Crippen molar-refractivity contribution in [3.05, 3.63) is 53.7 Å². The van der Waals surface area contributed by atoms with Crippen molar-refractivity contribution < 1.29 is 19.1 Å². The molecule has 1 saturated carbocycles. The number of fused-ring (bicyclic) bond motifs is 1. The fourth-order valence-corrected chi connectivity index (χ4v) is 4.09. The Morgan fingerprint density at radius 2 is 1.79 bits per heavy atom. The van der Waals surface area contributed by atoms with Crippen molar-refractivity contribution in [3.63, 3.8) is 0 Å². The van der Waals surface area contributed by atoms with Crippen LogP contribution in [0.15, 0.2) is 42.6 Å². The third-order valence-corrected chi connectivity index (χ3v) is 5.92. The van der Waals surface area contributed by atoms with E-state index in [1.807, 2.05) is 24.3 Å². The smallest absolute Gasteiger partial charge is 0.273 e. The fraction of sp³-hybridized carbons (Fsp3) is 0.304. The molecule has 1 aliphatic carbocycles. The molecular formula is C23H20N6O4. The van der Waals surface area contributed by atoms with Crippen molar-refractivity contribution in [2.75, 3.05) is 0 Å². The van der Waals surface area contributed by atoms with Crippen LogP contribution in [-0.4, -0.2) is 53.8 Å². The van der Waals surface area contributed by atoms with E-state index in [0.29, 0.717) is 34.9 Å². The number of nitrogens with zero attached hydrogens (tertiary/aromatic N) is 6. The number of rotatable bonds is 5. The van der Waals surface area contributed by atoms with Gasteiger partial charge in [0.1, 0.15) is 11.8 Å². The van der Waals surface area contributed by atoms with Crippen LogP contribution in [0.1, 0.15) is 48.0 Å². The standard InChI is InChI=1S/C23H20N6O4/c30-21-5-2-6-22(31)29(21)28-12-14-11-15(7-10-17(14)23(28)32)27-13-19(25-26-27)18-3-1-4-20(24-18)33-16-8-9-16/h1,3-4,7,10-11,13,16H,2,5-6,8-9,12H2. The van der Waals surface area contributed by atoms with Gasteiger partial charge in [-0.2, -0.15) is 5.01 Å². The molecule has 2 fully saturated rings. The van der Waals surface area contributed by atoms with Crippen LogP contribution in [0.4, 0.5) is 0 Å². The van der Waals surface area contributed by atoms with E-state index in [2.05, 4.69) is 15.3 Å². The summed E-state index contributed by atoms with van der Waals surface area (Å²) in [4.78, 5) is 41.9. The summed E-state index contributed by atoms with van der Waals surface area (Å²) in [5.41, 5.74) is 3.15. The van der Waals surface area contributed by atoms with Crippen LogP contribution >= 0.6 is 0 Å². The zero-order chi connectivity index (χ0) is 22.5. The first-order valence-electron chi connectivity index (χ1n) is 10.9. The molecule has 10 heteroatoms. The summed E-state index contributed by atoms with van der Waals surface area (Å²) >= 11 is 0. The van der Waals surface area contributed by atoms with Gasteiger partial charge in [0.15, 0.2) is 0 Å². The fourth-order valence-electron chi connectivity index (χ4n) is 4.09. The second-order valence-electron chi connectivity index (χ2n) is 8.38. The molecule has 2 aromatic heterocycles. The number of amides is 3. The average molecular weight is 444 g/mol. The monoisotopic (exact) mass is 444 g/mol. The van der Waals surface area contributed by atoms with Crippen molar-refractivity contribution in [2.24, 2.45) is 0 Å². The van der Waals surface area contributed by atoms with Gasteiger partial charge in [-0.3, -0.25) is 14.4 Å². The maximum Gasteiger partial charge on any atom is 0.273 e. The number of carbonyl (C=O) groups excluding carboxylic acids is 3. The molecule has 0 bridgehead atoms. The van der Waals surface area contributed by atoms with Crippen molar-refractivity contribution >= 4 is 17.7 Å². The number of hydrogen-bond acceptors (Lipinski definition) is 7. The minimum absolute atomic E-state index is 0.156. The Morgan fingerprint density at radius 3 is 2.58 bits per heavy atom. The van der Waals surface area contributed by atoms with Gasteiger partial charge in [-0.25, -0.2) is 14.7 Å². The minimum Gasteiger partial charge on any atom is -0.474 e. The van der Waals surface area contributed by atoms with Gasteiger partial charge in [0.05, 0.1) is 24.1 Å². The van der Waals surface area contributed by atoms with Crippen molar-refractivity contribution in [2.45, 2.75) is 44.8 Å². The van der Waals surface area contributed by atoms with E-state index in [1.165, 1.54) is 5.01 Å². The summed E-state index contributed by atoms with van der Waals surface area (Å²) in [6.07, 6.45) is 5.18. The molecule has 3 aromatic rings. The number of imide groups is 1. The Balaban J connectivity index is 1.25. The van der Waals surface area contributed by atoms with Crippen LogP contribution in [0, 0.1) is 0 Å². The highest BCUT2D eigenvalue weighted by Crippen LogP contribution is 2.30. The summed E-state index contributed by atoms with van der Waals surface area (Å²) in [7, 11) is 0. The second-order valence-corrected chi connectivity index (χ2v) is 8.38. The third kappa shape index (κ3) is 3.53. The normalized spacial score (nSPS) is 18.1. The molecule has 1 saturated heterocycles. The molecule has 0 radical (unpaired) electrons. The lowest BCUT2D eigenvalue weighted by Gasteiger charge is -2.32. The number of hydrazine groups is 1. The van der Waals surface area contributed by atoms with E-state index >= 15 is 0 Å². The van der Waals surface area contributed by atoms with Crippen LogP contribution in [0.2, 0.25) is 0 Å². The maximum atomic E-state index is 12.9. The van der Waals surface area contributed by atoms with Gasteiger partial charge in [-0.15, -0.1) is 5.10 Å². The molecule has 0 N–H and O–H groups in total. The molecule has 3 amide bonds. The van der Waals surface area contributed by atoms with Crippen LogP contribution in [-0.2, 0) is 16.1 Å². The van der Waals surface area contributed by atoms with Crippen LogP contribution < -0.4 is 4.74 Å². The summed E-state index contributed by atoms with van der Waals surface area (Å²) in [5, 5.41) is 10.7. The summed E-state index contributed by atoms with van der Waals surface area (Å²) in [6, 6.07) is 10.8. The Labute approximate surface area is 188 Å². The number of carbonyl (C=O) groups is 3. The third-order valence-electron chi connectivity index (χ3n) is 5.92. The number of pyridine rings is 1. The predicted molar refractivity (Wildman–Crippen MR) is 114 cm³/mol. The Hall–Kier alpha value is -4.08. The topological polar surface area (TPSA) is 111 Å². The van der Waals surface area contributed by atoms with E-state index in [4.69, 9.17) is 4.74 Å². The molecule has 0 spiro atoms. The van der Waals surface area contributed by atoms with Crippen LogP contribution in [0.25, 0.3) is 17.1 Å². The van der Waals surface area contributed by atoms with Crippen molar-refractivity contribution in [1.82, 2.24) is 30.0 Å². The Morgan fingerprint density at radius 1 is 0.970 bits per heavy atom. The number of benzene rings is 1. The molecule has 33 heavy (non-hydrogen) atoms. The Bertz CT molecular complexity index is 1280. The van der Waals surface area contributed by atoms with Crippen molar-refractivity contribution in [3.8, 4) is 23.0 Å². The lowest BCUT2D eigenvalue weighted by Crippen LogP contribution is -2.51. The molecule has 6 rings (SSSR count). The Kier molecular flexibility index (Phi) is 4.46. The van der Waals surface area contributed by atoms with Gasteiger partial charge in [0, 0.05) is 24.5 Å². The zero-order valence-electron chi connectivity index (χ0n) is 17.7. The number of piperidine rings is 1. The molecule has 0 atom stereocenters. The molecule has 4 heterocycles. The SMILES string of the molecule is O=C1c2ccc(-n3cc(-c4cccc(OC5CC5)n4)nn3)cc2CN1N1C(=O)CCCC1=O. The van der Waals surface area contributed by atoms with Gasteiger partial charge < -0.3 is 4.74 Å². The highest BCUT2D eigenvalue weighted by atomic mass is 16.5. The van der Waals surface area contributed by atoms with Crippen molar-refractivity contribution in [1.29, 1.82) is 0 Å². The van der Waals surface area contributed by atoms with Gasteiger partial charge in [0.25, 0.3) is 5.91 Å². The molecule has 3 aliphatic rings. The van der Waals surface area contributed by atoms with E-state index in [1.54, 1.807) is 23.0 Å². The molecule has 1 aromatic carbocycles. The van der Waals surface area contributed by atoms with Crippen LogP contribution in [0.3, 0.4) is 0 Å². The summed E-state index contributed by atoms with van der Waals surface area (Å²) in [5.74, 6) is -0.457. The number of hydrogen-bond donors (Lipinski definition) is 0. The van der Waals surface area contributed by atoms with E-state index in [9.17, 15) is 14.4 Å². The highest BCUT2D eigenvalue weighted by Gasteiger charge is 2.39. The summed E-state index contributed by atoms with van der Waals surface area (Å²) < 4.78 is 7.37. The summed E-state index contributed by atoms with van der Waals surface area (Å²) in [6.45, 7) is 0.156. The molecule has 166 valence electrons. The quantitative estimate of drug-likeness (QED) is 0.555. The first-order valence-corrected chi connectivity index (χ1v) is 10.9. The maximum absolute atomic E-state index is 12.9. The molecule has 0 unspecified atom stereocenters. The van der Waals surface area contributed by atoms with E-state index in [0.717, 1.165) is 23.4 Å². The molecule has 10 nitrogen and oxygen atoms in total. The van der Waals surface area contributed by atoms with Crippen LogP contribution in [0.5, 0.6) is 5.88 Å². The van der Waals surface area contributed by atoms with Gasteiger partial charge >= 0.3 is 0 Å². The van der Waals surface area contributed by atoms with E-state index < -0.39 is 0 Å². The lowest BCUT2D eigenvalue weighted by molar-refractivity contribution is -0.163. The lowest BCUT2D eigenvalue weighted by atomic mass is 10.1. The molecule has 2 aliphatic heterocycles. The number of ether oxygens (including phenoxy) is 1. The first-order chi connectivity index (χ1) is 16.1. The van der Waals surface area contributed by atoms with Gasteiger partial charge in [0.2, 0.25) is 17.7 Å². The highest BCUT2D eigenvalue weighted by molar-refractivity contribution is 6.04. The average Bonchev–Trinajstić information content (AvgIpc) is 3.38. The second kappa shape index (κ2) is 7.51. The van der Waals surface area contributed by atoms with E-state index in [-0.39, 0.29) is 43.2 Å². The number of aromatic nitrogens is 4. The van der Waals surface area contributed by atoms with Gasteiger partial charge in [-0.1, -0.05) is 11.3 Å². The minimum atomic E-state index is -0.351. The van der Waals surface area contributed by atoms with Gasteiger partial charge in [-0.05, 0) is 49.1 Å².